The molecule has 0 saturated heterocycles. The van der Waals surface area contributed by atoms with E-state index in [4.69, 9.17) is 0 Å². The summed E-state index contributed by atoms with van der Waals surface area (Å²) >= 11 is 1.31. The Hall–Kier alpha value is -3.39. The molecule has 8 heteroatoms. The third-order valence-corrected chi connectivity index (χ3v) is 6.80. The minimum Gasteiger partial charge on any atom is -0.385 e. The van der Waals surface area contributed by atoms with E-state index in [2.05, 4.69) is 5.32 Å². The first-order valence-corrected chi connectivity index (χ1v) is 11.5. The molecule has 1 aliphatic rings. The molecule has 0 atom stereocenters. The summed E-state index contributed by atoms with van der Waals surface area (Å²) in [7, 11) is 0. The maximum Gasteiger partial charge on any atom is 0.283 e. The lowest BCUT2D eigenvalue weighted by Crippen LogP contribution is -2.03. The van der Waals surface area contributed by atoms with Crippen LogP contribution in [-0.2, 0) is 6.54 Å². The number of nitrogens with one attached hydrogen (secondary N) is 1. The molecule has 1 N–H and O–H groups in total. The van der Waals surface area contributed by atoms with Crippen LogP contribution in [-0.4, -0.2) is 16.0 Å². The van der Waals surface area contributed by atoms with Gasteiger partial charge in [0.15, 0.2) is 0 Å². The highest BCUT2D eigenvalue weighted by molar-refractivity contribution is 7.99. The normalized spacial score (nSPS) is 13.4. The summed E-state index contributed by atoms with van der Waals surface area (Å²) in [6.07, 6.45) is 4.38. The molecule has 5 nitrogen and oxygen atoms in total. The van der Waals surface area contributed by atoms with E-state index in [-0.39, 0.29) is 12.2 Å². The lowest BCUT2D eigenvalue weighted by atomic mass is 10.2. The van der Waals surface area contributed by atoms with Crippen LogP contribution in [0, 0.1) is 27.7 Å². The monoisotopic (exact) mass is 465 g/mol. The van der Waals surface area contributed by atoms with Crippen LogP contribution in [0.3, 0.4) is 0 Å². The lowest BCUT2D eigenvalue weighted by molar-refractivity contribution is -0.387. The smallest absolute Gasteiger partial charge is 0.283 e. The number of rotatable bonds is 8. The Morgan fingerprint density at radius 3 is 2.52 bits per heavy atom. The summed E-state index contributed by atoms with van der Waals surface area (Å²) in [5, 5.41) is 15.9. The predicted molar refractivity (Wildman–Crippen MR) is 126 cm³/mol. The number of hydrogen-bond acceptors (Lipinski definition) is 4. The maximum absolute atomic E-state index is 13.8. The minimum absolute atomic E-state index is 0.0401. The summed E-state index contributed by atoms with van der Waals surface area (Å²) in [5.74, 6) is -0.530. The lowest BCUT2D eigenvalue weighted by Gasteiger charge is -2.09. The van der Waals surface area contributed by atoms with E-state index in [0.29, 0.717) is 16.4 Å². The zero-order chi connectivity index (χ0) is 22.9. The van der Waals surface area contributed by atoms with Crippen LogP contribution in [0.5, 0.6) is 0 Å². The number of benzene rings is 3. The Morgan fingerprint density at radius 2 is 1.79 bits per heavy atom. The van der Waals surface area contributed by atoms with Gasteiger partial charge in [-0.2, -0.15) is 0 Å². The van der Waals surface area contributed by atoms with Gasteiger partial charge in [-0.3, -0.25) is 10.1 Å². The first kappa shape index (κ1) is 21.5. The number of nitro groups is 1. The maximum atomic E-state index is 13.8. The molecule has 0 amide bonds. The van der Waals surface area contributed by atoms with Gasteiger partial charge < -0.3 is 9.88 Å². The molecule has 1 saturated carbocycles. The zero-order valence-corrected chi connectivity index (χ0v) is 18.4. The second kappa shape index (κ2) is 8.86. The molecule has 33 heavy (non-hydrogen) atoms. The summed E-state index contributed by atoms with van der Waals surface area (Å²) in [5.41, 5.74) is 2.41. The van der Waals surface area contributed by atoms with Gasteiger partial charge >= 0.3 is 0 Å². The Bertz CT molecular complexity index is 1330. The van der Waals surface area contributed by atoms with E-state index in [1.54, 1.807) is 18.2 Å². The highest BCUT2D eigenvalue weighted by Crippen LogP contribution is 2.40. The van der Waals surface area contributed by atoms with Crippen LogP contribution in [0.2, 0.25) is 0 Å². The molecule has 0 bridgehead atoms. The van der Waals surface area contributed by atoms with Gasteiger partial charge in [0.2, 0.25) is 0 Å². The Kier molecular flexibility index (Phi) is 5.76. The van der Waals surface area contributed by atoms with E-state index in [9.17, 15) is 18.9 Å². The average molecular weight is 466 g/mol. The molecule has 1 aliphatic carbocycles. The number of nitro benzene ring substituents is 1. The van der Waals surface area contributed by atoms with Gasteiger partial charge in [-0.05, 0) is 60.7 Å². The van der Waals surface area contributed by atoms with E-state index in [1.807, 2.05) is 29.0 Å². The molecule has 3 aromatic carbocycles. The van der Waals surface area contributed by atoms with Crippen LogP contribution in [0.15, 0.2) is 76.7 Å². The molecule has 1 aromatic heterocycles. The van der Waals surface area contributed by atoms with Gasteiger partial charge in [-0.15, -0.1) is 0 Å². The fourth-order valence-corrected chi connectivity index (χ4v) is 4.97. The van der Waals surface area contributed by atoms with Crippen LogP contribution in [0.25, 0.3) is 10.9 Å². The van der Waals surface area contributed by atoms with E-state index in [0.717, 1.165) is 34.1 Å². The molecule has 0 spiro atoms. The number of halogens is 2. The predicted octanol–water partition coefficient (Wildman–Crippen LogP) is 6.85. The standard InChI is InChI=1S/C25H21F2N3O2S/c26-18-9-17(10-19(27)11-18)14-29-15-25(33-24-4-2-1-3-22(24)30(31)32)21-8-7-20(12-23(21)29)28-13-16-5-6-16/h1-4,7-12,15-16,28H,5-6,13-14H2. The molecule has 1 fully saturated rings. The van der Waals surface area contributed by atoms with Crippen molar-refractivity contribution in [2.24, 2.45) is 5.92 Å². The molecular weight excluding hydrogens is 444 g/mol. The largest absolute Gasteiger partial charge is 0.385 e. The van der Waals surface area contributed by atoms with Gasteiger partial charge in [0, 0.05) is 47.4 Å². The Labute approximate surface area is 193 Å². The van der Waals surface area contributed by atoms with Crippen LogP contribution < -0.4 is 5.32 Å². The second-order valence-corrected chi connectivity index (χ2v) is 9.37. The van der Waals surface area contributed by atoms with Crippen LogP contribution in [0.1, 0.15) is 18.4 Å². The Morgan fingerprint density at radius 1 is 1.03 bits per heavy atom. The van der Waals surface area contributed by atoms with Gasteiger partial charge in [0.1, 0.15) is 11.6 Å². The average Bonchev–Trinajstić information content (AvgIpc) is 3.55. The second-order valence-electron chi connectivity index (χ2n) is 8.28. The van der Waals surface area contributed by atoms with Crippen molar-refractivity contribution in [3.63, 3.8) is 0 Å². The quantitative estimate of drug-likeness (QED) is 0.228. The molecule has 0 aliphatic heterocycles. The van der Waals surface area contributed by atoms with E-state index in [1.165, 1.54) is 42.8 Å². The zero-order valence-electron chi connectivity index (χ0n) is 17.6. The third kappa shape index (κ3) is 4.85. The van der Waals surface area contributed by atoms with E-state index < -0.39 is 16.6 Å². The first-order chi connectivity index (χ1) is 16.0. The number of hydrogen-bond donors (Lipinski definition) is 1. The molecular formula is C25H21F2N3O2S. The summed E-state index contributed by atoms with van der Waals surface area (Å²) < 4.78 is 29.5. The van der Waals surface area contributed by atoms with Crippen molar-refractivity contribution in [1.29, 1.82) is 0 Å². The summed E-state index contributed by atoms with van der Waals surface area (Å²) in [4.78, 5) is 12.5. The first-order valence-electron chi connectivity index (χ1n) is 10.7. The number of nitrogens with zero attached hydrogens (tertiary/aromatic N) is 2. The third-order valence-electron chi connectivity index (χ3n) is 5.69. The van der Waals surface area contributed by atoms with Crippen molar-refractivity contribution in [3.8, 4) is 0 Å². The number of anilines is 1. The number of para-hydroxylation sites is 1. The highest BCUT2D eigenvalue weighted by Gasteiger charge is 2.21. The van der Waals surface area contributed by atoms with Crippen LogP contribution >= 0.6 is 11.8 Å². The fraction of sp³-hybridized carbons (Fsp3) is 0.200. The van der Waals surface area contributed by atoms with Crippen molar-refractivity contribution in [2.45, 2.75) is 29.2 Å². The molecule has 5 rings (SSSR count). The van der Waals surface area contributed by atoms with Gasteiger partial charge in [0.05, 0.1) is 15.3 Å². The molecule has 168 valence electrons. The van der Waals surface area contributed by atoms with Crippen molar-refractivity contribution < 1.29 is 13.7 Å². The van der Waals surface area contributed by atoms with Gasteiger partial charge in [-0.25, -0.2) is 8.78 Å². The number of aromatic nitrogens is 1. The summed E-state index contributed by atoms with van der Waals surface area (Å²) in [6, 6.07) is 16.1. The molecule has 4 aromatic rings. The molecule has 1 heterocycles. The summed E-state index contributed by atoms with van der Waals surface area (Å²) in [6.45, 7) is 1.19. The Balaban J connectivity index is 1.55. The van der Waals surface area contributed by atoms with Crippen molar-refractivity contribution >= 4 is 34.0 Å². The van der Waals surface area contributed by atoms with E-state index >= 15 is 0 Å². The van der Waals surface area contributed by atoms with Crippen LogP contribution in [0.4, 0.5) is 20.2 Å². The topological polar surface area (TPSA) is 60.1 Å². The SMILES string of the molecule is O=[N+]([O-])c1ccccc1Sc1cn(Cc2cc(F)cc(F)c2)c2cc(NCC3CC3)ccc12. The van der Waals surface area contributed by atoms with Crippen molar-refractivity contribution in [1.82, 2.24) is 4.57 Å². The highest BCUT2D eigenvalue weighted by atomic mass is 32.2. The van der Waals surface area contributed by atoms with Crippen molar-refractivity contribution in [3.05, 3.63) is 94.2 Å². The van der Waals surface area contributed by atoms with Gasteiger partial charge in [-0.1, -0.05) is 23.9 Å². The molecule has 0 unspecified atom stereocenters. The van der Waals surface area contributed by atoms with Gasteiger partial charge in [0.25, 0.3) is 5.69 Å². The minimum atomic E-state index is -0.622. The van der Waals surface area contributed by atoms with Crippen molar-refractivity contribution in [2.75, 3.05) is 11.9 Å². The molecule has 0 radical (unpaired) electrons. The fourth-order valence-electron chi connectivity index (χ4n) is 3.88. The number of fused-ring (bicyclic) bond motifs is 1.